The van der Waals surface area contributed by atoms with Gasteiger partial charge in [-0.3, -0.25) is 0 Å². The van der Waals surface area contributed by atoms with Crippen molar-refractivity contribution in [3.8, 4) is 6.07 Å². The molecule has 2 rings (SSSR count). The lowest BCUT2D eigenvalue weighted by atomic mass is 10.0. The highest BCUT2D eigenvalue weighted by Gasteiger charge is 2.01. The Morgan fingerprint density at radius 3 is 2.79 bits per heavy atom. The maximum absolute atomic E-state index is 8.72. The van der Waals surface area contributed by atoms with Gasteiger partial charge < -0.3 is 0 Å². The molecule has 0 aliphatic carbocycles. The number of halogens is 1. The van der Waals surface area contributed by atoms with Crippen molar-refractivity contribution >= 4 is 33.4 Å². The standard InChI is InChI=1S/C12H8IN/c13-11-7-9-3-1-2-4-12(9)10(8-11)5-6-14/h1-4,7-8H,5H2. The highest BCUT2D eigenvalue weighted by molar-refractivity contribution is 14.1. The van der Waals surface area contributed by atoms with Gasteiger partial charge in [-0.15, -0.1) is 0 Å². The molecule has 0 saturated carbocycles. The van der Waals surface area contributed by atoms with Crippen molar-refractivity contribution in [2.24, 2.45) is 0 Å². The fourth-order valence-electron chi connectivity index (χ4n) is 1.58. The summed E-state index contributed by atoms with van der Waals surface area (Å²) in [5.41, 5.74) is 1.12. The van der Waals surface area contributed by atoms with E-state index in [1.54, 1.807) is 0 Å². The summed E-state index contributed by atoms with van der Waals surface area (Å²) >= 11 is 2.28. The Kier molecular flexibility index (Phi) is 2.69. The predicted octanol–water partition coefficient (Wildman–Crippen LogP) is 3.51. The Hall–Kier alpha value is -1.08. The van der Waals surface area contributed by atoms with Gasteiger partial charge in [0, 0.05) is 3.57 Å². The molecule has 0 unspecified atom stereocenters. The summed E-state index contributed by atoms with van der Waals surface area (Å²) in [6, 6.07) is 14.6. The average molecular weight is 293 g/mol. The van der Waals surface area contributed by atoms with E-state index in [0.29, 0.717) is 6.42 Å². The summed E-state index contributed by atoms with van der Waals surface area (Å²) in [5, 5.41) is 11.1. The van der Waals surface area contributed by atoms with Crippen molar-refractivity contribution in [1.29, 1.82) is 5.26 Å². The number of nitriles is 1. The van der Waals surface area contributed by atoms with Gasteiger partial charge in [0.2, 0.25) is 0 Å². The van der Waals surface area contributed by atoms with Crippen LogP contribution in [0.4, 0.5) is 0 Å². The summed E-state index contributed by atoms with van der Waals surface area (Å²) < 4.78 is 1.19. The van der Waals surface area contributed by atoms with Crippen LogP contribution in [0.5, 0.6) is 0 Å². The first-order valence-electron chi connectivity index (χ1n) is 4.35. The minimum absolute atomic E-state index is 0.483. The Morgan fingerprint density at radius 1 is 1.21 bits per heavy atom. The molecule has 68 valence electrons. The Bertz CT molecular complexity index is 511. The Morgan fingerprint density at radius 2 is 2.00 bits per heavy atom. The number of benzene rings is 2. The molecule has 0 bridgehead atoms. The van der Waals surface area contributed by atoms with E-state index in [0.717, 1.165) is 5.56 Å². The molecule has 0 aliphatic heterocycles. The second-order valence-electron chi connectivity index (χ2n) is 3.12. The van der Waals surface area contributed by atoms with E-state index in [9.17, 15) is 0 Å². The lowest BCUT2D eigenvalue weighted by Crippen LogP contribution is -1.86. The molecule has 2 aromatic carbocycles. The van der Waals surface area contributed by atoms with E-state index >= 15 is 0 Å². The number of hydrogen-bond donors (Lipinski definition) is 0. The zero-order valence-electron chi connectivity index (χ0n) is 7.50. The van der Waals surface area contributed by atoms with Crippen LogP contribution in [-0.2, 0) is 6.42 Å². The molecule has 14 heavy (non-hydrogen) atoms. The van der Waals surface area contributed by atoms with Crippen LogP contribution in [0.3, 0.4) is 0 Å². The zero-order valence-corrected chi connectivity index (χ0v) is 9.65. The van der Waals surface area contributed by atoms with Crippen LogP contribution in [0.25, 0.3) is 10.8 Å². The molecule has 0 aliphatic rings. The van der Waals surface area contributed by atoms with E-state index in [-0.39, 0.29) is 0 Å². The van der Waals surface area contributed by atoms with Crippen molar-refractivity contribution in [2.45, 2.75) is 6.42 Å². The first-order chi connectivity index (χ1) is 6.81. The van der Waals surface area contributed by atoms with Crippen LogP contribution in [0.1, 0.15) is 5.56 Å². The molecule has 0 N–H and O–H groups in total. The predicted molar refractivity (Wildman–Crippen MR) is 66.0 cm³/mol. The van der Waals surface area contributed by atoms with Gasteiger partial charge in [-0.1, -0.05) is 24.3 Å². The van der Waals surface area contributed by atoms with Crippen LogP contribution in [0, 0.1) is 14.9 Å². The van der Waals surface area contributed by atoms with Crippen molar-refractivity contribution < 1.29 is 0 Å². The van der Waals surface area contributed by atoms with Gasteiger partial charge in [0.05, 0.1) is 12.5 Å². The normalized spacial score (nSPS) is 10.0. The van der Waals surface area contributed by atoms with E-state index in [4.69, 9.17) is 5.26 Å². The topological polar surface area (TPSA) is 23.8 Å². The summed E-state index contributed by atoms with van der Waals surface area (Å²) in [6.07, 6.45) is 0.483. The van der Waals surface area contributed by atoms with Gasteiger partial charge in [-0.05, 0) is 51.1 Å². The highest BCUT2D eigenvalue weighted by Crippen LogP contribution is 2.22. The molecular weight excluding hydrogens is 285 g/mol. The molecule has 0 aromatic heterocycles. The average Bonchev–Trinajstić information content (AvgIpc) is 2.18. The smallest absolute Gasteiger partial charge is 0.0669 e. The summed E-state index contributed by atoms with van der Waals surface area (Å²) in [4.78, 5) is 0. The van der Waals surface area contributed by atoms with Crippen LogP contribution in [0.2, 0.25) is 0 Å². The Labute approximate surface area is 96.5 Å². The SMILES string of the molecule is N#CCc1cc(I)cc2ccccc12. The molecule has 0 heterocycles. The maximum Gasteiger partial charge on any atom is 0.0669 e. The van der Waals surface area contributed by atoms with E-state index in [1.165, 1.54) is 14.3 Å². The van der Waals surface area contributed by atoms with Crippen LogP contribution in [0.15, 0.2) is 36.4 Å². The number of fused-ring (bicyclic) bond motifs is 1. The molecule has 0 atom stereocenters. The number of hydrogen-bond acceptors (Lipinski definition) is 1. The van der Waals surface area contributed by atoms with E-state index in [1.807, 2.05) is 12.1 Å². The van der Waals surface area contributed by atoms with Crippen molar-refractivity contribution in [3.05, 3.63) is 45.5 Å². The lowest BCUT2D eigenvalue weighted by molar-refractivity contribution is 1.28. The van der Waals surface area contributed by atoms with Crippen LogP contribution in [-0.4, -0.2) is 0 Å². The molecule has 0 amide bonds. The van der Waals surface area contributed by atoms with Gasteiger partial charge in [-0.25, -0.2) is 0 Å². The minimum Gasteiger partial charge on any atom is -0.198 e. The summed E-state index contributed by atoms with van der Waals surface area (Å²) in [6.45, 7) is 0. The molecule has 0 radical (unpaired) electrons. The van der Waals surface area contributed by atoms with E-state index < -0.39 is 0 Å². The zero-order chi connectivity index (χ0) is 9.97. The van der Waals surface area contributed by atoms with Crippen molar-refractivity contribution in [3.63, 3.8) is 0 Å². The quantitative estimate of drug-likeness (QED) is 0.738. The van der Waals surface area contributed by atoms with Gasteiger partial charge >= 0.3 is 0 Å². The maximum atomic E-state index is 8.72. The molecule has 0 saturated heterocycles. The first-order valence-corrected chi connectivity index (χ1v) is 5.43. The number of rotatable bonds is 1. The van der Waals surface area contributed by atoms with Gasteiger partial charge in [-0.2, -0.15) is 5.26 Å². The molecular formula is C12H8IN. The molecule has 2 aromatic rings. The fraction of sp³-hybridized carbons (Fsp3) is 0.0833. The van der Waals surface area contributed by atoms with Crippen LogP contribution < -0.4 is 0 Å². The molecule has 1 nitrogen and oxygen atoms in total. The summed E-state index contributed by atoms with van der Waals surface area (Å²) in [5.74, 6) is 0. The Balaban J connectivity index is 2.74. The third kappa shape index (κ3) is 1.73. The van der Waals surface area contributed by atoms with Gasteiger partial charge in [0.1, 0.15) is 0 Å². The highest BCUT2D eigenvalue weighted by atomic mass is 127. The van der Waals surface area contributed by atoms with Crippen LogP contribution >= 0.6 is 22.6 Å². The summed E-state index contributed by atoms with van der Waals surface area (Å²) in [7, 11) is 0. The van der Waals surface area contributed by atoms with Crippen molar-refractivity contribution in [2.75, 3.05) is 0 Å². The first kappa shape index (κ1) is 9.47. The van der Waals surface area contributed by atoms with E-state index in [2.05, 4.69) is 52.9 Å². The molecule has 0 fully saturated rings. The lowest BCUT2D eigenvalue weighted by Gasteiger charge is -2.03. The fourth-order valence-corrected chi connectivity index (χ4v) is 2.29. The largest absolute Gasteiger partial charge is 0.198 e. The second kappa shape index (κ2) is 3.97. The number of nitrogens with zero attached hydrogens (tertiary/aromatic N) is 1. The van der Waals surface area contributed by atoms with Gasteiger partial charge in [0.25, 0.3) is 0 Å². The minimum atomic E-state index is 0.483. The monoisotopic (exact) mass is 293 g/mol. The third-order valence-electron chi connectivity index (χ3n) is 2.18. The molecule has 2 heteroatoms. The van der Waals surface area contributed by atoms with Crippen molar-refractivity contribution in [1.82, 2.24) is 0 Å². The third-order valence-corrected chi connectivity index (χ3v) is 2.80. The molecule has 0 spiro atoms. The van der Waals surface area contributed by atoms with Gasteiger partial charge in [0.15, 0.2) is 0 Å². The second-order valence-corrected chi connectivity index (χ2v) is 4.37.